The van der Waals surface area contributed by atoms with Crippen molar-refractivity contribution in [3.63, 3.8) is 0 Å². The van der Waals surface area contributed by atoms with E-state index in [1.165, 1.54) is 18.3 Å². The normalized spacial score (nSPS) is 17.4. The minimum absolute atomic E-state index is 0.0299. The Hall–Kier alpha value is -2.67. The zero-order valence-corrected chi connectivity index (χ0v) is 13.2. The minimum Gasteiger partial charge on any atom is -0.439 e. The van der Waals surface area contributed by atoms with Gasteiger partial charge in [0, 0.05) is 18.7 Å². The maximum Gasteiger partial charge on any atom is 0.322 e. The van der Waals surface area contributed by atoms with Gasteiger partial charge in [-0.05, 0) is 25.1 Å². The van der Waals surface area contributed by atoms with Crippen molar-refractivity contribution in [2.24, 2.45) is 0 Å². The summed E-state index contributed by atoms with van der Waals surface area (Å²) in [5.41, 5.74) is 0.560. The van der Waals surface area contributed by atoms with Crippen molar-refractivity contribution >= 4 is 11.7 Å². The van der Waals surface area contributed by atoms with Gasteiger partial charge in [-0.3, -0.25) is 0 Å². The van der Waals surface area contributed by atoms with Crippen LogP contribution in [0.1, 0.15) is 6.92 Å². The highest BCUT2D eigenvalue weighted by atomic mass is 19.1. The predicted molar refractivity (Wildman–Crippen MR) is 86.7 cm³/mol. The SMILES string of the molecule is CC1COCCN1C(=O)Nc1ccc(Oc2cccc(F)c2)nc1. The van der Waals surface area contributed by atoms with Crippen LogP contribution >= 0.6 is 0 Å². The number of amides is 2. The molecule has 1 aromatic heterocycles. The molecular formula is C17H18FN3O3. The highest BCUT2D eigenvalue weighted by Gasteiger charge is 2.23. The van der Waals surface area contributed by atoms with Crippen LogP contribution in [0.2, 0.25) is 0 Å². The number of hydrogen-bond acceptors (Lipinski definition) is 4. The molecule has 1 fully saturated rings. The summed E-state index contributed by atoms with van der Waals surface area (Å²) in [6.07, 6.45) is 1.50. The number of morpholine rings is 1. The summed E-state index contributed by atoms with van der Waals surface area (Å²) < 4.78 is 23.9. The number of nitrogens with one attached hydrogen (secondary N) is 1. The van der Waals surface area contributed by atoms with Crippen molar-refractivity contribution in [2.45, 2.75) is 13.0 Å². The van der Waals surface area contributed by atoms with Crippen LogP contribution in [-0.4, -0.2) is 41.7 Å². The van der Waals surface area contributed by atoms with E-state index in [2.05, 4.69) is 10.3 Å². The van der Waals surface area contributed by atoms with Crippen molar-refractivity contribution in [1.82, 2.24) is 9.88 Å². The van der Waals surface area contributed by atoms with Gasteiger partial charge in [0.2, 0.25) is 5.88 Å². The second kappa shape index (κ2) is 7.27. The van der Waals surface area contributed by atoms with Gasteiger partial charge in [-0.15, -0.1) is 0 Å². The molecule has 3 rings (SSSR count). The number of urea groups is 1. The first-order valence-corrected chi connectivity index (χ1v) is 7.66. The summed E-state index contributed by atoms with van der Waals surface area (Å²) in [6.45, 7) is 3.57. The molecule has 0 saturated carbocycles. The summed E-state index contributed by atoms with van der Waals surface area (Å²) in [5, 5.41) is 2.80. The smallest absolute Gasteiger partial charge is 0.322 e. The van der Waals surface area contributed by atoms with Crippen LogP contribution < -0.4 is 10.1 Å². The predicted octanol–water partition coefficient (Wildman–Crippen LogP) is 3.27. The van der Waals surface area contributed by atoms with Crippen molar-refractivity contribution < 1.29 is 18.7 Å². The number of nitrogens with zero attached hydrogens (tertiary/aromatic N) is 2. The van der Waals surface area contributed by atoms with Gasteiger partial charge in [-0.1, -0.05) is 6.07 Å². The summed E-state index contributed by atoms with van der Waals surface area (Å²) >= 11 is 0. The van der Waals surface area contributed by atoms with Gasteiger partial charge < -0.3 is 19.7 Å². The first kappa shape index (κ1) is 16.2. The van der Waals surface area contributed by atoms with Crippen molar-refractivity contribution in [3.05, 3.63) is 48.4 Å². The molecule has 1 saturated heterocycles. The van der Waals surface area contributed by atoms with E-state index < -0.39 is 0 Å². The van der Waals surface area contributed by atoms with Crippen LogP contribution in [-0.2, 0) is 4.74 Å². The van der Waals surface area contributed by atoms with Crippen molar-refractivity contribution in [3.8, 4) is 11.6 Å². The van der Waals surface area contributed by atoms with E-state index >= 15 is 0 Å². The quantitative estimate of drug-likeness (QED) is 0.937. The Morgan fingerprint density at radius 1 is 1.42 bits per heavy atom. The van der Waals surface area contributed by atoms with Crippen LogP contribution in [0.4, 0.5) is 14.9 Å². The second-order valence-corrected chi connectivity index (χ2v) is 5.49. The topological polar surface area (TPSA) is 63.7 Å². The van der Waals surface area contributed by atoms with Gasteiger partial charge in [-0.2, -0.15) is 0 Å². The third kappa shape index (κ3) is 3.99. The van der Waals surface area contributed by atoms with Gasteiger partial charge in [0.05, 0.1) is 31.1 Å². The van der Waals surface area contributed by atoms with Crippen molar-refractivity contribution in [2.75, 3.05) is 25.1 Å². The summed E-state index contributed by atoms with van der Waals surface area (Å²) in [4.78, 5) is 18.1. The molecule has 1 aliphatic rings. The second-order valence-electron chi connectivity index (χ2n) is 5.49. The third-order valence-electron chi connectivity index (χ3n) is 3.63. The number of benzene rings is 1. The molecule has 1 N–H and O–H groups in total. The Balaban J connectivity index is 1.61. The van der Waals surface area contributed by atoms with Gasteiger partial charge in [0.25, 0.3) is 0 Å². The molecule has 1 aromatic carbocycles. The largest absolute Gasteiger partial charge is 0.439 e. The Bertz CT molecular complexity index is 708. The minimum atomic E-state index is -0.379. The van der Waals surface area contributed by atoms with E-state index in [-0.39, 0.29) is 17.9 Å². The number of anilines is 1. The van der Waals surface area contributed by atoms with E-state index in [4.69, 9.17) is 9.47 Å². The molecule has 7 heteroatoms. The van der Waals surface area contributed by atoms with Crippen LogP contribution in [0.5, 0.6) is 11.6 Å². The number of carbonyl (C=O) groups is 1. The summed E-state index contributed by atoms with van der Waals surface area (Å²) in [7, 11) is 0. The third-order valence-corrected chi connectivity index (χ3v) is 3.63. The fourth-order valence-corrected chi connectivity index (χ4v) is 2.39. The van der Waals surface area contributed by atoms with Crippen LogP contribution in [0.3, 0.4) is 0 Å². The lowest BCUT2D eigenvalue weighted by Gasteiger charge is -2.33. The van der Waals surface area contributed by atoms with Gasteiger partial charge in [0.15, 0.2) is 0 Å². The number of aromatic nitrogens is 1. The lowest BCUT2D eigenvalue weighted by atomic mass is 10.3. The molecule has 0 bridgehead atoms. The summed E-state index contributed by atoms with van der Waals surface area (Å²) in [6, 6.07) is 8.95. The fourth-order valence-electron chi connectivity index (χ4n) is 2.39. The molecule has 1 aliphatic heterocycles. The zero-order valence-electron chi connectivity index (χ0n) is 13.2. The molecule has 24 heavy (non-hydrogen) atoms. The highest BCUT2D eigenvalue weighted by molar-refractivity contribution is 5.89. The Morgan fingerprint density at radius 3 is 3.00 bits per heavy atom. The van der Waals surface area contributed by atoms with Crippen LogP contribution in [0, 0.1) is 5.82 Å². The molecule has 2 amide bonds. The molecular weight excluding hydrogens is 313 g/mol. The maximum absolute atomic E-state index is 13.1. The van der Waals surface area contributed by atoms with E-state index in [1.54, 1.807) is 29.2 Å². The molecule has 6 nitrogen and oxygen atoms in total. The number of pyridine rings is 1. The Labute approximate surface area is 139 Å². The Kier molecular flexibility index (Phi) is 4.90. The average Bonchev–Trinajstić information content (AvgIpc) is 2.57. The first-order valence-electron chi connectivity index (χ1n) is 7.66. The molecule has 0 aliphatic carbocycles. The fraction of sp³-hybridized carbons (Fsp3) is 0.294. The Morgan fingerprint density at radius 2 is 2.29 bits per heavy atom. The molecule has 2 aromatic rings. The highest BCUT2D eigenvalue weighted by Crippen LogP contribution is 2.21. The van der Waals surface area contributed by atoms with Crippen LogP contribution in [0.25, 0.3) is 0 Å². The lowest BCUT2D eigenvalue weighted by Crippen LogP contribution is -2.48. The van der Waals surface area contributed by atoms with Crippen LogP contribution in [0.15, 0.2) is 42.6 Å². The standard InChI is InChI=1S/C17H18FN3O3/c1-12-11-23-8-7-21(12)17(22)20-14-5-6-16(19-10-14)24-15-4-2-3-13(18)9-15/h2-6,9-10,12H,7-8,11H2,1H3,(H,20,22). The number of ether oxygens (including phenoxy) is 2. The van der Waals surface area contributed by atoms with Gasteiger partial charge >= 0.3 is 6.03 Å². The first-order chi connectivity index (χ1) is 11.6. The molecule has 0 radical (unpaired) electrons. The molecule has 126 valence electrons. The van der Waals surface area contributed by atoms with E-state index in [0.29, 0.717) is 37.1 Å². The lowest BCUT2D eigenvalue weighted by molar-refractivity contribution is 0.0221. The number of carbonyl (C=O) groups excluding carboxylic acids is 1. The monoisotopic (exact) mass is 331 g/mol. The number of hydrogen-bond donors (Lipinski definition) is 1. The van der Waals surface area contributed by atoms with E-state index in [1.807, 2.05) is 6.92 Å². The van der Waals surface area contributed by atoms with Crippen molar-refractivity contribution in [1.29, 1.82) is 0 Å². The molecule has 2 heterocycles. The van der Waals surface area contributed by atoms with E-state index in [9.17, 15) is 9.18 Å². The molecule has 1 atom stereocenters. The van der Waals surface area contributed by atoms with Gasteiger partial charge in [0.1, 0.15) is 11.6 Å². The molecule has 0 spiro atoms. The molecule has 1 unspecified atom stereocenters. The number of rotatable bonds is 3. The maximum atomic E-state index is 13.1. The van der Waals surface area contributed by atoms with Gasteiger partial charge in [-0.25, -0.2) is 14.2 Å². The number of halogens is 1. The zero-order chi connectivity index (χ0) is 16.9. The summed E-state index contributed by atoms with van der Waals surface area (Å²) in [5.74, 6) is 0.302. The van der Waals surface area contributed by atoms with E-state index in [0.717, 1.165) is 0 Å². The average molecular weight is 331 g/mol.